The Kier molecular flexibility index (Phi) is 4.45. The number of anilines is 1. The summed E-state index contributed by atoms with van der Waals surface area (Å²) in [4.78, 5) is 20.4. The minimum atomic E-state index is -0.502. The van der Waals surface area contributed by atoms with Gasteiger partial charge in [-0.15, -0.1) is 0 Å². The number of pyridine rings is 1. The molecule has 132 valence electrons. The van der Waals surface area contributed by atoms with Crippen LogP contribution in [-0.4, -0.2) is 33.7 Å². The highest BCUT2D eigenvalue weighted by atomic mass is 19.1. The zero-order chi connectivity index (χ0) is 17.9. The highest BCUT2D eigenvalue weighted by molar-refractivity contribution is 5.63. The first-order valence-electron chi connectivity index (χ1n) is 8.49. The number of rotatable bonds is 4. The maximum atomic E-state index is 14.3. The molecule has 0 aliphatic carbocycles. The lowest BCUT2D eigenvalue weighted by Crippen LogP contribution is -2.23. The molecule has 1 aliphatic rings. The summed E-state index contributed by atoms with van der Waals surface area (Å²) in [5.74, 6) is -0.102. The molecule has 6 nitrogen and oxygen atoms in total. The molecule has 0 radical (unpaired) electrons. The summed E-state index contributed by atoms with van der Waals surface area (Å²) in [7, 11) is 0. The lowest BCUT2D eigenvalue weighted by Gasteiger charge is -2.13. The second kappa shape index (κ2) is 7.05. The van der Waals surface area contributed by atoms with E-state index in [9.17, 15) is 9.18 Å². The van der Waals surface area contributed by atoms with Crippen LogP contribution in [0.2, 0.25) is 0 Å². The zero-order valence-electron chi connectivity index (χ0n) is 14.0. The van der Waals surface area contributed by atoms with Crippen LogP contribution < -0.4 is 16.2 Å². The molecule has 0 saturated carbocycles. The first kappa shape index (κ1) is 16.4. The second-order valence-corrected chi connectivity index (χ2v) is 6.18. The van der Waals surface area contributed by atoms with Crippen LogP contribution in [0.5, 0.6) is 0 Å². The van der Waals surface area contributed by atoms with E-state index in [1.807, 2.05) is 0 Å². The van der Waals surface area contributed by atoms with Gasteiger partial charge < -0.3 is 10.6 Å². The predicted molar refractivity (Wildman–Crippen MR) is 97.9 cm³/mol. The van der Waals surface area contributed by atoms with Crippen molar-refractivity contribution in [2.75, 3.05) is 18.4 Å². The molecule has 2 N–H and O–H groups in total. The Hall–Kier alpha value is -3.06. The van der Waals surface area contributed by atoms with Crippen LogP contribution in [0.15, 0.2) is 59.7 Å². The van der Waals surface area contributed by atoms with E-state index in [2.05, 4.69) is 20.6 Å². The van der Waals surface area contributed by atoms with Gasteiger partial charge in [-0.05, 0) is 31.2 Å². The van der Waals surface area contributed by atoms with Crippen molar-refractivity contribution in [2.45, 2.75) is 12.5 Å². The van der Waals surface area contributed by atoms with Crippen molar-refractivity contribution < 1.29 is 4.39 Å². The molecule has 3 aromatic rings. The van der Waals surface area contributed by atoms with Gasteiger partial charge in [-0.2, -0.15) is 0 Å². The molecule has 0 spiro atoms. The lowest BCUT2D eigenvalue weighted by atomic mass is 10.1. The second-order valence-electron chi connectivity index (χ2n) is 6.18. The number of benzene rings is 1. The topological polar surface area (TPSA) is 71.8 Å². The van der Waals surface area contributed by atoms with E-state index >= 15 is 0 Å². The Morgan fingerprint density at radius 1 is 1.23 bits per heavy atom. The normalized spacial score (nSPS) is 16.6. The number of nitrogens with one attached hydrogen (secondary N) is 2. The summed E-state index contributed by atoms with van der Waals surface area (Å²) in [6.45, 7) is 1.78. The van der Waals surface area contributed by atoms with Crippen LogP contribution in [0.4, 0.5) is 10.3 Å². The predicted octanol–water partition coefficient (Wildman–Crippen LogP) is 2.21. The Morgan fingerprint density at radius 2 is 2.15 bits per heavy atom. The summed E-state index contributed by atoms with van der Waals surface area (Å²) in [5, 5.41) is 6.48. The van der Waals surface area contributed by atoms with Gasteiger partial charge in [-0.3, -0.25) is 9.36 Å². The quantitative estimate of drug-likeness (QED) is 0.754. The van der Waals surface area contributed by atoms with Crippen molar-refractivity contribution in [2.24, 2.45) is 0 Å². The number of nitrogens with zero attached hydrogens (tertiary/aromatic N) is 3. The fraction of sp³-hybridized carbons (Fsp3) is 0.211. The van der Waals surface area contributed by atoms with Crippen LogP contribution in [0.25, 0.3) is 16.9 Å². The Bertz CT molecular complexity index is 981. The van der Waals surface area contributed by atoms with Crippen molar-refractivity contribution >= 4 is 5.95 Å². The van der Waals surface area contributed by atoms with Crippen molar-refractivity contribution in [3.05, 3.63) is 71.0 Å². The van der Waals surface area contributed by atoms with Gasteiger partial charge in [-0.25, -0.2) is 14.4 Å². The van der Waals surface area contributed by atoms with Gasteiger partial charge in [0.15, 0.2) is 5.82 Å². The molecule has 7 heteroatoms. The Balaban J connectivity index is 1.70. The maximum Gasteiger partial charge on any atom is 0.255 e. The highest BCUT2D eigenvalue weighted by Gasteiger charge is 2.17. The van der Waals surface area contributed by atoms with E-state index < -0.39 is 5.82 Å². The first-order chi connectivity index (χ1) is 12.7. The van der Waals surface area contributed by atoms with Gasteiger partial charge in [-0.1, -0.05) is 18.2 Å². The summed E-state index contributed by atoms with van der Waals surface area (Å²) in [6.07, 6.45) is 3.83. The van der Waals surface area contributed by atoms with Gasteiger partial charge in [0.25, 0.3) is 5.56 Å². The molecule has 26 heavy (non-hydrogen) atoms. The van der Waals surface area contributed by atoms with Crippen LogP contribution in [-0.2, 0) is 0 Å². The van der Waals surface area contributed by atoms with Crippen molar-refractivity contribution in [3.63, 3.8) is 0 Å². The number of hydrogen-bond donors (Lipinski definition) is 2. The third-order valence-corrected chi connectivity index (χ3v) is 4.36. The van der Waals surface area contributed by atoms with Crippen LogP contribution in [0.1, 0.15) is 6.42 Å². The zero-order valence-corrected chi connectivity index (χ0v) is 14.0. The molecule has 1 fully saturated rings. The third-order valence-electron chi connectivity index (χ3n) is 4.36. The molecule has 0 bridgehead atoms. The molecule has 4 rings (SSSR count). The summed E-state index contributed by atoms with van der Waals surface area (Å²) < 4.78 is 15.9. The molecule has 3 heterocycles. The lowest BCUT2D eigenvalue weighted by molar-refractivity contribution is 0.617. The van der Waals surface area contributed by atoms with Gasteiger partial charge >= 0.3 is 0 Å². The van der Waals surface area contributed by atoms with E-state index in [1.165, 1.54) is 16.8 Å². The van der Waals surface area contributed by atoms with Crippen LogP contribution >= 0.6 is 0 Å². The smallest absolute Gasteiger partial charge is 0.255 e. The van der Waals surface area contributed by atoms with Gasteiger partial charge in [0.05, 0.1) is 6.20 Å². The van der Waals surface area contributed by atoms with Crippen molar-refractivity contribution in [1.82, 2.24) is 19.9 Å². The number of hydrogen-bond acceptors (Lipinski definition) is 5. The molecule has 1 atom stereocenters. The van der Waals surface area contributed by atoms with Crippen molar-refractivity contribution in [3.8, 4) is 16.9 Å². The van der Waals surface area contributed by atoms with Gasteiger partial charge in [0, 0.05) is 36.1 Å². The highest BCUT2D eigenvalue weighted by Crippen LogP contribution is 2.23. The number of halogens is 1. The molecule has 1 saturated heterocycles. The summed E-state index contributed by atoms with van der Waals surface area (Å²) >= 11 is 0. The standard InChI is InChI=1S/C19H18FN5O/c20-16-12-22-19(23-14-7-8-21-11-14)24-18(16)13-4-3-5-15(10-13)25-9-2-1-6-17(25)26/h1-6,9-10,12,14,21H,7-8,11H2,(H,22,23,24)/t14-/m0/s1. The van der Waals surface area contributed by atoms with Gasteiger partial charge in [0.1, 0.15) is 5.69 Å². The molecule has 1 aromatic carbocycles. The average molecular weight is 351 g/mol. The fourth-order valence-electron chi connectivity index (χ4n) is 3.04. The van der Waals surface area contributed by atoms with Crippen LogP contribution in [0, 0.1) is 5.82 Å². The SMILES string of the molecule is O=c1ccccn1-c1cccc(-c2nc(N[C@H]3CCNC3)ncc2F)c1. The molecule has 2 aromatic heterocycles. The minimum Gasteiger partial charge on any atom is -0.350 e. The molecule has 0 unspecified atom stereocenters. The van der Waals surface area contributed by atoms with E-state index in [0.717, 1.165) is 19.5 Å². The monoisotopic (exact) mass is 351 g/mol. The number of aromatic nitrogens is 3. The van der Waals surface area contributed by atoms with E-state index in [1.54, 1.807) is 42.6 Å². The average Bonchev–Trinajstić information content (AvgIpc) is 3.17. The summed E-state index contributed by atoms with van der Waals surface area (Å²) in [6, 6.07) is 12.3. The summed E-state index contributed by atoms with van der Waals surface area (Å²) in [5.41, 5.74) is 1.30. The first-order valence-corrected chi connectivity index (χ1v) is 8.49. The van der Waals surface area contributed by atoms with E-state index in [4.69, 9.17) is 0 Å². The Labute approximate surface area is 149 Å². The van der Waals surface area contributed by atoms with E-state index in [-0.39, 0.29) is 17.3 Å². The van der Waals surface area contributed by atoms with Crippen LogP contribution in [0.3, 0.4) is 0 Å². The molecule has 1 aliphatic heterocycles. The molecular formula is C19H18FN5O. The molecular weight excluding hydrogens is 333 g/mol. The maximum absolute atomic E-state index is 14.3. The largest absolute Gasteiger partial charge is 0.350 e. The molecule has 0 amide bonds. The van der Waals surface area contributed by atoms with Crippen molar-refractivity contribution in [1.29, 1.82) is 0 Å². The third kappa shape index (κ3) is 3.34. The fourth-order valence-corrected chi connectivity index (χ4v) is 3.04. The van der Waals surface area contributed by atoms with E-state index in [0.29, 0.717) is 17.2 Å². The Morgan fingerprint density at radius 3 is 2.96 bits per heavy atom. The minimum absolute atomic E-state index is 0.149. The van der Waals surface area contributed by atoms with Gasteiger partial charge in [0.2, 0.25) is 5.95 Å².